The van der Waals surface area contributed by atoms with E-state index in [1.807, 2.05) is 0 Å². The second-order valence-electron chi connectivity index (χ2n) is 4.83. The van der Waals surface area contributed by atoms with Crippen molar-refractivity contribution in [2.24, 2.45) is 11.8 Å². The first-order valence-electron chi connectivity index (χ1n) is 6.22. The number of rotatable bonds is 3. The molecule has 1 aliphatic heterocycles. The Kier molecular flexibility index (Phi) is 2.93. The molecular formula is C12H14N2O4S. The lowest BCUT2D eigenvalue weighted by molar-refractivity contribution is 0.0520. The summed E-state index contributed by atoms with van der Waals surface area (Å²) in [4.78, 5) is 28.1. The second kappa shape index (κ2) is 4.48. The number of aromatic nitrogens is 1. The van der Waals surface area contributed by atoms with Gasteiger partial charge in [-0.1, -0.05) is 0 Å². The fraction of sp³-hybridized carbons (Fsp3) is 0.583. The molecule has 0 radical (unpaired) electrons. The van der Waals surface area contributed by atoms with Crippen LogP contribution in [0.15, 0.2) is 5.38 Å². The van der Waals surface area contributed by atoms with Crippen molar-refractivity contribution in [3.8, 4) is 0 Å². The van der Waals surface area contributed by atoms with E-state index in [0.717, 1.165) is 5.01 Å². The number of amides is 1. The average molecular weight is 282 g/mol. The van der Waals surface area contributed by atoms with Crippen molar-refractivity contribution < 1.29 is 19.4 Å². The standard InChI is InChI=1S/C12H14N2O4S/c1-2-18-11(15)8-5-19-10(13-8)9-6-3-14(12(16)17)4-7(6)9/h5-7,9H,2-4H2,1H3,(H,16,17)/t6-,7+,9+. The van der Waals surface area contributed by atoms with E-state index in [9.17, 15) is 9.59 Å². The van der Waals surface area contributed by atoms with Gasteiger partial charge in [0, 0.05) is 24.4 Å². The molecule has 1 saturated carbocycles. The number of ether oxygens (including phenoxy) is 1. The highest BCUT2D eigenvalue weighted by molar-refractivity contribution is 7.10. The molecule has 1 saturated heterocycles. The van der Waals surface area contributed by atoms with Crippen LogP contribution in [0.2, 0.25) is 0 Å². The number of hydrogen-bond donors (Lipinski definition) is 1. The van der Waals surface area contributed by atoms with Gasteiger partial charge in [-0.05, 0) is 18.8 Å². The number of carbonyl (C=O) groups excluding carboxylic acids is 1. The van der Waals surface area contributed by atoms with E-state index in [2.05, 4.69) is 4.98 Å². The van der Waals surface area contributed by atoms with Crippen LogP contribution in [0.4, 0.5) is 4.79 Å². The number of hydrogen-bond acceptors (Lipinski definition) is 5. The normalized spacial score (nSPS) is 28.1. The molecule has 3 rings (SSSR count). The maximum absolute atomic E-state index is 11.5. The Morgan fingerprint density at radius 1 is 1.53 bits per heavy atom. The molecule has 0 spiro atoms. The van der Waals surface area contributed by atoms with E-state index in [1.54, 1.807) is 12.3 Å². The van der Waals surface area contributed by atoms with Gasteiger partial charge in [0.15, 0.2) is 5.69 Å². The second-order valence-corrected chi connectivity index (χ2v) is 5.72. The third kappa shape index (κ3) is 2.07. The van der Waals surface area contributed by atoms with E-state index in [1.165, 1.54) is 16.2 Å². The summed E-state index contributed by atoms with van der Waals surface area (Å²) in [5.41, 5.74) is 0.363. The third-order valence-electron chi connectivity index (χ3n) is 3.76. The number of carboxylic acid groups (broad SMARTS) is 1. The molecule has 1 amide bonds. The molecule has 1 N–H and O–H groups in total. The molecule has 19 heavy (non-hydrogen) atoms. The van der Waals surface area contributed by atoms with Gasteiger partial charge < -0.3 is 14.7 Å². The summed E-state index contributed by atoms with van der Waals surface area (Å²) in [5, 5.41) is 11.5. The summed E-state index contributed by atoms with van der Waals surface area (Å²) in [6, 6.07) is 0. The minimum Gasteiger partial charge on any atom is -0.465 e. The predicted octanol–water partition coefficient (Wildman–Crippen LogP) is 1.64. The van der Waals surface area contributed by atoms with E-state index in [4.69, 9.17) is 9.84 Å². The van der Waals surface area contributed by atoms with E-state index in [-0.39, 0.29) is 5.97 Å². The molecule has 1 aliphatic carbocycles. The molecule has 1 aromatic rings. The van der Waals surface area contributed by atoms with Crippen molar-refractivity contribution in [2.45, 2.75) is 12.8 Å². The lowest BCUT2D eigenvalue weighted by Gasteiger charge is -2.14. The van der Waals surface area contributed by atoms with Gasteiger partial charge in [0.2, 0.25) is 0 Å². The van der Waals surface area contributed by atoms with Gasteiger partial charge in [-0.15, -0.1) is 11.3 Å². The van der Waals surface area contributed by atoms with Crippen LogP contribution in [0.25, 0.3) is 0 Å². The Balaban J connectivity index is 1.64. The van der Waals surface area contributed by atoms with Crippen LogP contribution in [0.3, 0.4) is 0 Å². The number of likely N-dealkylation sites (tertiary alicyclic amines) is 1. The van der Waals surface area contributed by atoms with Crippen LogP contribution in [0, 0.1) is 11.8 Å². The Bertz CT molecular complexity index is 518. The lowest BCUT2D eigenvalue weighted by atomic mass is 10.3. The van der Waals surface area contributed by atoms with Gasteiger partial charge in [-0.25, -0.2) is 14.6 Å². The summed E-state index contributed by atoms with van der Waals surface area (Å²) in [7, 11) is 0. The topological polar surface area (TPSA) is 79.7 Å². The number of carbonyl (C=O) groups is 2. The van der Waals surface area contributed by atoms with Gasteiger partial charge in [-0.2, -0.15) is 0 Å². The molecule has 1 aromatic heterocycles. The summed E-state index contributed by atoms with van der Waals surface area (Å²) in [6.07, 6.45) is -0.850. The smallest absolute Gasteiger partial charge is 0.407 e. The lowest BCUT2D eigenvalue weighted by Crippen LogP contribution is -2.29. The molecule has 102 valence electrons. The van der Waals surface area contributed by atoms with Crippen molar-refractivity contribution in [3.05, 3.63) is 16.1 Å². The van der Waals surface area contributed by atoms with Gasteiger partial charge >= 0.3 is 12.1 Å². The zero-order chi connectivity index (χ0) is 13.6. The molecule has 3 atom stereocenters. The van der Waals surface area contributed by atoms with E-state index >= 15 is 0 Å². The Labute approximate surface area is 114 Å². The fourth-order valence-electron chi connectivity index (χ4n) is 2.79. The highest BCUT2D eigenvalue weighted by atomic mass is 32.1. The molecule has 0 aromatic carbocycles. The van der Waals surface area contributed by atoms with Crippen molar-refractivity contribution in [3.63, 3.8) is 0 Å². The minimum atomic E-state index is -0.850. The van der Waals surface area contributed by atoms with Crippen LogP contribution >= 0.6 is 11.3 Å². The minimum absolute atomic E-state index is 0.323. The van der Waals surface area contributed by atoms with Crippen LogP contribution in [0.5, 0.6) is 0 Å². The maximum atomic E-state index is 11.5. The predicted molar refractivity (Wildman–Crippen MR) is 67.4 cm³/mol. The van der Waals surface area contributed by atoms with Crippen molar-refractivity contribution in [2.75, 3.05) is 19.7 Å². The highest BCUT2D eigenvalue weighted by Gasteiger charge is 2.58. The number of fused-ring (bicyclic) bond motifs is 1. The largest absolute Gasteiger partial charge is 0.465 e. The first-order valence-corrected chi connectivity index (χ1v) is 7.10. The first kappa shape index (κ1) is 12.4. The van der Waals surface area contributed by atoms with Gasteiger partial charge in [0.05, 0.1) is 11.6 Å². The average Bonchev–Trinajstić information content (AvgIpc) is 2.82. The number of thiazole rings is 1. The zero-order valence-electron chi connectivity index (χ0n) is 10.4. The van der Waals surface area contributed by atoms with Gasteiger partial charge in [0.25, 0.3) is 0 Å². The summed E-state index contributed by atoms with van der Waals surface area (Å²) >= 11 is 1.46. The highest BCUT2D eigenvalue weighted by Crippen LogP contribution is 2.58. The van der Waals surface area contributed by atoms with Crippen molar-refractivity contribution in [1.82, 2.24) is 9.88 Å². The van der Waals surface area contributed by atoms with E-state index in [0.29, 0.717) is 43.1 Å². The molecule has 2 heterocycles. The van der Waals surface area contributed by atoms with Crippen LogP contribution in [0.1, 0.15) is 28.3 Å². The summed E-state index contributed by atoms with van der Waals surface area (Å²) < 4.78 is 4.90. The first-order chi connectivity index (χ1) is 9.11. The molecule has 2 aliphatic rings. The third-order valence-corrected chi connectivity index (χ3v) is 4.70. The molecule has 2 fully saturated rings. The molecular weight excluding hydrogens is 268 g/mol. The molecule has 7 heteroatoms. The Morgan fingerprint density at radius 2 is 2.21 bits per heavy atom. The quantitative estimate of drug-likeness (QED) is 0.853. The zero-order valence-corrected chi connectivity index (χ0v) is 11.2. The Morgan fingerprint density at radius 3 is 2.79 bits per heavy atom. The number of esters is 1. The number of piperidine rings is 1. The summed E-state index contributed by atoms with van der Waals surface area (Å²) in [6.45, 7) is 3.27. The SMILES string of the molecule is CCOC(=O)c1csc([C@H]2[C@@H]3CN(C(=O)O)C[C@@H]32)n1. The van der Waals surface area contributed by atoms with Crippen molar-refractivity contribution in [1.29, 1.82) is 0 Å². The van der Waals surface area contributed by atoms with Gasteiger partial charge in [-0.3, -0.25) is 0 Å². The van der Waals surface area contributed by atoms with Crippen LogP contribution in [-0.2, 0) is 4.74 Å². The van der Waals surface area contributed by atoms with Crippen LogP contribution < -0.4 is 0 Å². The molecule has 0 unspecified atom stereocenters. The Hall–Kier alpha value is -1.63. The summed E-state index contributed by atoms with van der Waals surface area (Å²) in [5.74, 6) is 0.682. The maximum Gasteiger partial charge on any atom is 0.407 e. The van der Waals surface area contributed by atoms with Gasteiger partial charge in [0.1, 0.15) is 0 Å². The fourth-order valence-corrected chi connectivity index (χ4v) is 3.83. The van der Waals surface area contributed by atoms with E-state index < -0.39 is 6.09 Å². The van der Waals surface area contributed by atoms with Crippen LogP contribution in [-0.4, -0.2) is 46.7 Å². The monoisotopic (exact) mass is 282 g/mol. The molecule has 0 bridgehead atoms. The molecule has 6 nitrogen and oxygen atoms in total. The number of nitrogens with zero attached hydrogens (tertiary/aromatic N) is 2. The van der Waals surface area contributed by atoms with Crippen molar-refractivity contribution >= 4 is 23.4 Å².